The van der Waals surface area contributed by atoms with Crippen molar-refractivity contribution >= 4 is 45.2 Å². The molecule has 4 rings (SSSR count). The fraction of sp³-hybridized carbons (Fsp3) is 0.500. The first kappa shape index (κ1) is 27.8. The van der Waals surface area contributed by atoms with E-state index in [2.05, 4.69) is 15.7 Å². The van der Waals surface area contributed by atoms with E-state index in [1.54, 1.807) is 0 Å². The summed E-state index contributed by atoms with van der Waals surface area (Å²) in [7, 11) is -10.1. The van der Waals surface area contributed by atoms with E-state index in [1.807, 2.05) is 6.07 Å². The minimum Gasteiger partial charge on any atom is -0.389 e. The first-order valence-electron chi connectivity index (χ1n) is 11.3. The lowest BCUT2D eigenvalue weighted by molar-refractivity contribution is -0.124. The summed E-state index contributed by atoms with van der Waals surface area (Å²) in [5.41, 5.74) is -2.73. The van der Waals surface area contributed by atoms with E-state index < -0.39 is 42.1 Å². The highest BCUT2D eigenvalue weighted by Crippen LogP contribution is 3.02. The molecule has 15 heteroatoms. The fourth-order valence-electron chi connectivity index (χ4n) is 3.99. The fourth-order valence-corrected chi connectivity index (χ4v) is 5.44. The van der Waals surface area contributed by atoms with Crippen LogP contribution in [0.3, 0.4) is 0 Å². The Balaban J connectivity index is 1.86. The molecule has 1 heterocycles. The molecule has 0 radical (unpaired) electrons. The van der Waals surface area contributed by atoms with Crippen LogP contribution in [0.1, 0.15) is 50.8 Å². The van der Waals surface area contributed by atoms with Gasteiger partial charge in [-0.25, -0.2) is 4.68 Å². The standard InChI is InChI=1S/C22H24Cl2F5N5O2S/c1-21(2,36)11-32-20(35)22(5-6-22)17-16(9-30)33-34(19(17)31-10-12-3-4-12)18-14(23)7-13(8-15(18)24)37(25,26,27,28)29/h7-8,12,31,36H,3-6,10-11H2,1-2H3,(H,32,35). The van der Waals surface area contributed by atoms with Crippen molar-refractivity contribution in [2.75, 3.05) is 18.4 Å². The number of nitrogens with one attached hydrogen (secondary N) is 2. The van der Waals surface area contributed by atoms with Crippen LogP contribution >= 0.6 is 33.4 Å². The summed E-state index contributed by atoms with van der Waals surface area (Å²) in [6, 6.07) is 2.06. The van der Waals surface area contributed by atoms with Gasteiger partial charge in [-0.2, -0.15) is 10.4 Å². The SMILES string of the molecule is CC(C)(O)CNC(=O)C1(c2c(C#N)nn(-c3c(Cl)cc(S(F)(F)(F)(F)F)cc3Cl)c2NCC2CC2)CC1. The van der Waals surface area contributed by atoms with Crippen molar-refractivity contribution in [3.8, 4) is 11.8 Å². The van der Waals surface area contributed by atoms with Crippen molar-refractivity contribution in [2.24, 2.45) is 5.92 Å². The van der Waals surface area contributed by atoms with E-state index in [0.29, 0.717) is 25.3 Å². The number of nitriles is 1. The van der Waals surface area contributed by atoms with Crippen molar-refractivity contribution in [1.82, 2.24) is 15.1 Å². The number of hydrogen-bond donors (Lipinski definition) is 3. The zero-order valence-corrected chi connectivity index (χ0v) is 22.1. The molecule has 0 aliphatic heterocycles. The predicted molar refractivity (Wildman–Crippen MR) is 131 cm³/mol. The molecule has 2 aromatic rings. The molecule has 1 amide bonds. The second-order valence-corrected chi connectivity index (χ2v) is 13.4. The molecule has 204 valence electrons. The molecule has 0 saturated heterocycles. The zero-order chi connectivity index (χ0) is 27.7. The normalized spacial score (nSPS) is 18.9. The molecule has 7 nitrogen and oxygen atoms in total. The van der Waals surface area contributed by atoms with Gasteiger partial charge < -0.3 is 15.7 Å². The van der Waals surface area contributed by atoms with Crippen molar-refractivity contribution in [3.63, 3.8) is 0 Å². The van der Waals surface area contributed by atoms with E-state index >= 15 is 0 Å². The van der Waals surface area contributed by atoms with Crippen LogP contribution < -0.4 is 10.6 Å². The summed E-state index contributed by atoms with van der Waals surface area (Å²) in [6.07, 6.45) is 2.54. The summed E-state index contributed by atoms with van der Waals surface area (Å²) < 4.78 is 68.1. The topological polar surface area (TPSA) is 103 Å². The Labute approximate surface area is 219 Å². The van der Waals surface area contributed by atoms with Gasteiger partial charge in [-0.15, -0.1) is 0 Å². The number of halogens is 7. The van der Waals surface area contributed by atoms with Gasteiger partial charge in [0.1, 0.15) is 22.5 Å². The third kappa shape index (κ3) is 5.77. The smallest absolute Gasteiger partial charge is 0.310 e. The molecule has 1 aromatic carbocycles. The number of nitrogens with zero attached hydrogens (tertiary/aromatic N) is 3. The highest BCUT2D eigenvalue weighted by molar-refractivity contribution is 8.45. The lowest BCUT2D eigenvalue weighted by Gasteiger charge is -2.40. The van der Waals surface area contributed by atoms with Gasteiger partial charge in [-0.1, -0.05) is 42.6 Å². The maximum atomic E-state index is 13.4. The molecule has 0 bridgehead atoms. The first-order valence-corrected chi connectivity index (χ1v) is 14.0. The average Bonchev–Trinajstić information content (AvgIpc) is 3.66. The number of carbonyl (C=O) groups excluding carboxylic acids is 1. The lowest BCUT2D eigenvalue weighted by Crippen LogP contribution is -2.43. The van der Waals surface area contributed by atoms with Crippen LogP contribution in [0.25, 0.3) is 5.69 Å². The van der Waals surface area contributed by atoms with Crippen LogP contribution in [-0.2, 0) is 10.2 Å². The highest BCUT2D eigenvalue weighted by Gasteiger charge is 2.65. The van der Waals surface area contributed by atoms with Crippen LogP contribution in [0.4, 0.5) is 25.2 Å². The van der Waals surface area contributed by atoms with Gasteiger partial charge in [-0.05, 0) is 57.6 Å². The van der Waals surface area contributed by atoms with Gasteiger partial charge in [0.2, 0.25) is 5.91 Å². The van der Waals surface area contributed by atoms with Crippen molar-refractivity contribution in [2.45, 2.75) is 55.4 Å². The van der Waals surface area contributed by atoms with Crippen molar-refractivity contribution in [3.05, 3.63) is 33.4 Å². The van der Waals surface area contributed by atoms with Crippen LogP contribution in [-0.4, -0.2) is 39.5 Å². The Bertz CT molecular complexity index is 1300. The van der Waals surface area contributed by atoms with Crippen LogP contribution in [0, 0.1) is 17.2 Å². The molecule has 3 N–H and O–H groups in total. The van der Waals surface area contributed by atoms with Crippen LogP contribution in [0.2, 0.25) is 10.0 Å². The molecule has 0 unspecified atom stereocenters. The molecule has 2 fully saturated rings. The average molecular weight is 588 g/mol. The molecule has 0 spiro atoms. The second kappa shape index (κ2) is 8.11. The molecular weight excluding hydrogens is 564 g/mol. The number of amides is 1. The summed E-state index contributed by atoms with van der Waals surface area (Å²) >= 11 is 12.1. The van der Waals surface area contributed by atoms with Gasteiger partial charge in [0.15, 0.2) is 5.69 Å². The molecule has 2 saturated carbocycles. The van der Waals surface area contributed by atoms with E-state index in [4.69, 9.17) is 23.2 Å². The second-order valence-electron chi connectivity index (χ2n) is 10.2. The molecule has 0 atom stereocenters. The minimum atomic E-state index is -10.1. The Kier molecular flexibility index (Phi) is 6.09. The van der Waals surface area contributed by atoms with Gasteiger partial charge >= 0.3 is 10.2 Å². The Hall–Kier alpha value is -2.27. The Morgan fingerprint density at radius 1 is 1.24 bits per heavy atom. The minimum absolute atomic E-state index is 0.0675. The predicted octanol–water partition coefficient (Wildman–Crippen LogP) is 6.45. The number of carbonyl (C=O) groups is 1. The maximum Gasteiger partial charge on any atom is 0.310 e. The summed E-state index contributed by atoms with van der Waals surface area (Å²) in [5, 5.41) is 28.3. The zero-order valence-electron chi connectivity index (χ0n) is 19.7. The first-order chi connectivity index (χ1) is 16.8. The van der Waals surface area contributed by atoms with Crippen molar-refractivity contribution in [1.29, 1.82) is 5.26 Å². The number of hydrogen-bond acceptors (Lipinski definition) is 5. The third-order valence-corrected chi connectivity index (χ3v) is 7.94. The molecule has 37 heavy (non-hydrogen) atoms. The summed E-state index contributed by atoms with van der Waals surface area (Å²) in [5.74, 6) is -0.0563. The van der Waals surface area contributed by atoms with E-state index in [9.17, 15) is 34.6 Å². The van der Waals surface area contributed by atoms with Crippen LogP contribution in [0.5, 0.6) is 0 Å². The molecule has 2 aliphatic carbocycles. The number of aromatic nitrogens is 2. The largest absolute Gasteiger partial charge is 0.389 e. The van der Waals surface area contributed by atoms with Crippen molar-refractivity contribution < 1.29 is 29.3 Å². The van der Waals surface area contributed by atoms with Crippen LogP contribution in [0.15, 0.2) is 17.0 Å². The van der Waals surface area contributed by atoms with Gasteiger partial charge in [0, 0.05) is 18.7 Å². The summed E-state index contributed by atoms with van der Waals surface area (Å²) in [4.78, 5) is 10.9. The highest BCUT2D eigenvalue weighted by atomic mass is 35.5. The lowest BCUT2D eigenvalue weighted by atomic mass is 9.93. The number of anilines is 1. The van der Waals surface area contributed by atoms with E-state index in [1.165, 1.54) is 13.8 Å². The quantitative estimate of drug-likeness (QED) is 0.293. The number of rotatable bonds is 9. The number of aliphatic hydroxyl groups is 1. The molecule has 2 aliphatic rings. The van der Waals surface area contributed by atoms with Gasteiger partial charge in [0.25, 0.3) is 0 Å². The Morgan fingerprint density at radius 3 is 2.24 bits per heavy atom. The molecule has 1 aromatic heterocycles. The number of benzene rings is 1. The summed E-state index contributed by atoms with van der Waals surface area (Å²) in [6.45, 7) is 3.36. The van der Waals surface area contributed by atoms with Gasteiger partial charge in [0.05, 0.1) is 21.1 Å². The molecular formula is C22H24Cl2F5N5O2S. The van der Waals surface area contributed by atoms with Gasteiger partial charge in [-0.3, -0.25) is 4.79 Å². The van der Waals surface area contributed by atoms with E-state index in [0.717, 1.165) is 17.5 Å². The monoisotopic (exact) mass is 587 g/mol. The van der Waals surface area contributed by atoms with E-state index in [-0.39, 0.29) is 41.4 Å². The Morgan fingerprint density at radius 2 is 1.81 bits per heavy atom. The third-order valence-electron chi connectivity index (χ3n) is 6.24. The maximum absolute atomic E-state index is 13.4.